The number of nitrogens with one attached hydrogen (secondary N) is 1. The molecule has 2 heterocycles. The molecule has 0 aliphatic heterocycles. The number of amides is 1. The van der Waals surface area contributed by atoms with E-state index in [1.807, 2.05) is 12.3 Å². The third-order valence-corrected chi connectivity index (χ3v) is 6.07. The van der Waals surface area contributed by atoms with Crippen LogP contribution in [0, 0.1) is 6.92 Å². The average Bonchev–Trinajstić information content (AvgIpc) is 3.14. The van der Waals surface area contributed by atoms with Crippen molar-refractivity contribution in [3.05, 3.63) is 38.6 Å². The highest BCUT2D eigenvalue weighted by atomic mass is 35.5. The van der Waals surface area contributed by atoms with E-state index in [-0.39, 0.29) is 11.7 Å². The van der Waals surface area contributed by atoms with Crippen LogP contribution in [0.25, 0.3) is 11.3 Å². The van der Waals surface area contributed by atoms with Gasteiger partial charge in [-0.1, -0.05) is 46.3 Å². The number of benzene rings is 1. The Morgan fingerprint density at radius 2 is 2.17 bits per heavy atom. The highest BCUT2D eigenvalue weighted by Crippen LogP contribution is 2.32. The second-order valence-corrected chi connectivity index (χ2v) is 8.69. The molecule has 3 aromatic rings. The SMILES string of the molecule is Cc1nnc(SCC(=O)Nc2nc(-c3ccc(Cl)cc3Cl)cs2)s1. The molecule has 1 amide bonds. The molecule has 0 radical (unpaired) electrons. The van der Waals surface area contributed by atoms with Gasteiger partial charge in [0.25, 0.3) is 0 Å². The summed E-state index contributed by atoms with van der Waals surface area (Å²) in [4.78, 5) is 16.4. The van der Waals surface area contributed by atoms with Crippen molar-refractivity contribution in [2.45, 2.75) is 11.3 Å². The Labute approximate surface area is 160 Å². The van der Waals surface area contributed by atoms with E-state index in [9.17, 15) is 4.79 Å². The first kappa shape index (κ1) is 17.6. The summed E-state index contributed by atoms with van der Waals surface area (Å²) in [5.41, 5.74) is 1.47. The number of aryl methyl sites for hydroxylation is 1. The Hall–Kier alpha value is -1.19. The van der Waals surface area contributed by atoms with Gasteiger partial charge in [0, 0.05) is 16.0 Å². The van der Waals surface area contributed by atoms with E-state index in [0.717, 1.165) is 14.9 Å². The molecule has 0 unspecified atom stereocenters. The van der Waals surface area contributed by atoms with E-state index in [2.05, 4.69) is 20.5 Å². The van der Waals surface area contributed by atoms with Gasteiger partial charge < -0.3 is 5.32 Å². The highest BCUT2D eigenvalue weighted by molar-refractivity contribution is 8.01. The first-order valence-electron chi connectivity index (χ1n) is 6.65. The second kappa shape index (κ2) is 7.79. The molecule has 2 aromatic heterocycles. The number of halogens is 2. The van der Waals surface area contributed by atoms with Crippen LogP contribution in [-0.2, 0) is 4.79 Å². The molecule has 24 heavy (non-hydrogen) atoms. The molecule has 1 aromatic carbocycles. The van der Waals surface area contributed by atoms with Crippen LogP contribution in [0.2, 0.25) is 10.0 Å². The summed E-state index contributed by atoms with van der Waals surface area (Å²) in [5, 5.41) is 15.0. The van der Waals surface area contributed by atoms with Crippen LogP contribution >= 0.6 is 57.6 Å². The van der Waals surface area contributed by atoms with Gasteiger partial charge in [-0.25, -0.2) is 4.98 Å². The number of thioether (sulfide) groups is 1. The van der Waals surface area contributed by atoms with Gasteiger partial charge in [-0.15, -0.1) is 21.5 Å². The van der Waals surface area contributed by atoms with Crippen molar-refractivity contribution in [3.8, 4) is 11.3 Å². The predicted octanol–water partition coefficient (Wildman–Crippen LogP) is 5.01. The number of anilines is 1. The van der Waals surface area contributed by atoms with E-state index in [1.165, 1.54) is 34.4 Å². The lowest BCUT2D eigenvalue weighted by Crippen LogP contribution is -2.13. The second-order valence-electron chi connectivity index (χ2n) is 4.59. The topological polar surface area (TPSA) is 67.8 Å². The fourth-order valence-corrected chi connectivity index (χ4v) is 4.62. The zero-order valence-electron chi connectivity index (χ0n) is 12.2. The molecule has 3 rings (SSSR count). The summed E-state index contributed by atoms with van der Waals surface area (Å²) < 4.78 is 0.774. The maximum absolute atomic E-state index is 12.0. The van der Waals surface area contributed by atoms with Gasteiger partial charge >= 0.3 is 0 Å². The first-order valence-corrected chi connectivity index (χ1v) is 10.1. The standard InChI is InChI=1S/C14H10Cl2N4OS3/c1-7-19-20-14(24-7)23-6-12(21)18-13-17-11(5-22-13)9-3-2-8(15)4-10(9)16/h2-5H,6H2,1H3,(H,17,18,21). The molecular formula is C14H10Cl2N4OS3. The maximum Gasteiger partial charge on any atom is 0.236 e. The van der Waals surface area contributed by atoms with Gasteiger partial charge in [0.2, 0.25) is 5.91 Å². The van der Waals surface area contributed by atoms with Crippen LogP contribution in [-0.4, -0.2) is 26.8 Å². The summed E-state index contributed by atoms with van der Waals surface area (Å²) in [7, 11) is 0. The Morgan fingerprint density at radius 3 is 2.88 bits per heavy atom. The molecule has 0 aliphatic carbocycles. The number of thiazole rings is 1. The number of rotatable bonds is 5. The van der Waals surface area contributed by atoms with Crippen molar-refractivity contribution in [1.82, 2.24) is 15.2 Å². The van der Waals surface area contributed by atoms with Crippen LogP contribution in [0.4, 0.5) is 5.13 Å². The average molecular weight is 417 g/mol. The fraction of sp³-hybridized carbons (Fsp3) is 0.143. The quantitative estimate of drug-likeness (QED) is 0.592. The van der Waals surface area contributed by atoms with E-state index >= 15 is 0 Å². The van der Waals surface area contributed by atoms with Crippen molar-refractivity contribution in [1.29, 1.82) is 0 Å². The summed E-state index contributed by atoms with van der Waals surface area (Å²) in [6, 6.07) is 5.22. The molecule has 0 atom stereocenters. The number of carbonyl (C=O) groups is 1. The lowest BCUT2D eigenvalue weighted by Gasteiger charge is -2.01. The zero-order chi connectivity index (χ0) is 17.1. The third-order valence-electron chi connectivity index (χ3n) is 2.79. The van der Waals surface area contributed by atoms with Crippen molar-refractivity contribution < 1.29 is 4.79 Å². The van der Waals surface area contributed by atoms with Crippen molar-refractivity contribution >= 4 is 68.7 Å². The Balaban J connectivity index is 1.62. The number of hydrogen-bond acceptors (Lipinski definition) is 7. The largest absolute Gasteiger partial charge is 0.301 e. The molecule has 1 N–H and O–H groups in total. The summed E-state index contributed by atoms with van der Waals surface area (Å²) >= 11 is 16.2. The lowest BCUT2D eigenvalue weighted by atomic mass is 10.2. The Morgan fingerprint density at radius 1 is 1.33 bits per heavy atom. The summed E-state index contributed by atoms with van der Waals surface area (Å²) in [6.07, 6.45) is 0. The van der Waals surface area contributed by atoms with Crippen molar-refractivity contribution in [2.75, 3.05) is 11.1 Å². The van der Waals surface area contributed by atoms with Crippen LogP contribution in [0.15, 0.2) is 27.9 Å². The van der Waals surface area contributed by atoms with Crippen LogP contribution in [0.1, 0.15) is 5.01 Å². The first-order chi connectivity index (χ1) is 11.5. The summed E-state index contributed by atoms with van der Waals surface area (Å²) in [6.45, 7) is 1.88. The van der Waals surface area contributed by atoms with Gasteiger partial charge in [0.15, 0.2) is 9.47 Å². The van der Waals surface area contributed by atoms with E-state index in [0.29, 0.717) is 20.9 Å². The predicted molar refractivity (Wildman–Crippen MR) is 102 cm³/mol. The van der Waals surface area contributed by atoms with Gasteiger partial charge in [-0.2, -0.15) is 0 Å². The van der Waals surface area contributed by atoms with E-state index < -0.39 is 0 Å². The van der Waals surface area contributed by atoms with Crippen molar-refractivity contribution in [3.63, 3.8) is 0 Å². The minimum Gasteiger partial charge on any atom is -0.301 e. The molecule has 0 aliphatic rings. The van der Waals surface area contributed by atoms with Crippen LogP contribution < -0.4 is 5.32 Å². The minimum atomic E-state index is -0.143. The normalized spacial score (nSPS) is 10.8. The van der Waals surface area contributed by atoms with Gasteiger partial charge in [0.05, 0.1) is 16.5 Å². The monoisotopic (exact) mass is 416 g/mol. The smallest absolute Gasteiger partial charge is 0.236 e. The van der Waals surface area contributed by atoms with E-state index in [4.69, 9.17) is 23.2 Å². The molecule has 0 saturated carbocycles. The number of hydrogen-bond donors (Lipinski definition) is 1. The van der Waals surface area contributed by atoms with Gasteiger partial charge in [-0.05, 0) is 25.1 Å². The molecule has 0 bridgehead atoms. The number of aromatic nitrogens is 3. The number of nitrogens with zero attached hydrogens (tertiary/aromatic N) is 3. The molecule has 0 fully saturated rings. The number of carbonyl (C=O) groups excluding carboxylic acids is 1. The molecule has 0 spiro atoms. The molecule has 124 valence electrons. The molecule has 5 nitrogen and oxygen atoms in total. The lowest BCUT2D eigenvalue weighted by molar-refractivity contribution is -0.113. The van der Waals surface area contributed by atoms with Crippen LogP contribution in [0.3, 0.4) is 0 Å². The Bertz CT molecular complexity index is 881. The van der Waals surface area contributed by atoms with Gasteiger partial charge in [0.1, 0.15) is 5.01 Å². The zero-order valence-corrected chi connectivity index (χ0v) is 16.2. The third kappa shape index (κ3) is 4.46. The maximum atomic E-state index is 12.0. The Kier molecular flexibility index (Phi) is 5.72. The fourth-order valence-electron chi connectivity index (χ4n) is 1.77. The minimum absolute atomic E-state index is 0.143. The van der Waals surface area contributed by atoms with Crippen molar-refractivity contribution in [2.24, 2.45) is 0 Å². The highest BCUT2D eigenvalue weighted by Gasteiger charge is 2.12. The van der Waals surface area contributed by atoms with E-state index in [1.54, 1.807) is 18.2 Å². The molecule has 10 heteroatoms. The molecule has 0 saturated heterocycles. The summed E-state index contributed by atoms with van der Waals surface area (Å²) in [5.74, 6) is 0.113. The van der Waals surface area contributed by atoms with Gasteiger partial charge in [-0.3, -0.25) is 4.79 Å². The van der Waals surface area contributed by atoms with Crippen LogP contribution in [0.5, 0.6) is 0 Å². The molecular weight excluding hydrogens is 407 g/mol.